The van der Waals surface area contributed by atoms with Gasteiger partial charge in [-0.25, -0.2) is 4.98 Å². The third-order valence-corrected chi connectivity index (χ3v) is 2.93. The van der Waals surface area contributed by atoms with Gasteiger partial charge in [0.15, 0.2) is 0 Å². The van der Waals surface area contributed by atoms with Crippen molar-refractivity contribution in [2.75, 3.05) is 5.73 Å². The summed E-state index contributed by atoms with van der Waals surface area (Å²) in [6, 6.07) is 6.91. The van der Waals surface area contributed by atoms with Gasteiger partial charge >= 0.3 is 0 Å². The third kappa shape index (κ3) is 2.52. The first-order valence-corrected chi connectivity index (χ1v) is 5.68. The van der Waals surface area contributed by atoms with Crippen molar-refractivity contribution in [3.63, 3.8) is 0 Å². The number of hydrogen-bond acceptors (Lipinski definition) is 3. The highest BCUT2D eigenvalue weighted by Crippen LogP contribution is 2.33. The molecule has 0 aliphatic rings. The molecule has 0 saturated carbocycles. The van der Waals surface area contributed by atoms with E-state index in [1.54, 1.807) is 24.3 Å². The molecule has 0 amide bonds. The van der Waals surface area contributed by atoms with Gasteiger partial charge in [0.2, 0.25) is 0 Å². The van der Waals surface area contributed by atoms with Crippen molar-refractivity contribution in [1.82, 2.24) is 4.98 Å². The first kappa shape index (κ1) is 12.2. The number of halogens is 2. The van der Waals surface area contributed by atoms with Crippen molar-refractivity contribution in [2.24, 2.45) is 0 Å². The molecule has 0 saturated heterocycles. The molecule has 0 radical (unpaired) electrons. The van der Waals surface area contributed by atoms with Crippen LogP contribution in [0.3, 0.4) is 0 Å². The van der Waals surface area contributed by atoms with Crippen LogP contribution in [0.1, 0.15) is 5.56 Å². The standard InChI is InChI=1S/C12H10Cl2N2O/c13-8-1-2-9(11(14)4-8)10-3-7(6-17)5-16-12(10)15/h1-5,17H,6H2,(H2,15,16). The van der Waals surface area contributed by atoms with Gasteiger partial charge in [0.25, 0.3) is 0 Å². The molecule has 1 heterocycles. The fourth-order valence-corrected chi connectivity index (χ4v) is 2.04. The maximum Gasteiger partial charge on any atom is 0.131 e. The average Bonchev–Trinajstić information content (AvgIpc) is 2.30. The monoisotopic (exact) mass is 268 g/mol. The molecule has 0 unspecified atom stereocenters. The van der Waals surface area contributed by atoms with E-state index in [-0.39, 0.29) is 6.61 Å². The van der Waals surface area contributed by atoms with Crippen molar-refractivity contribution >= 4 is 29.0 Å². The SMILES string of the molecule is Nc1ncc(CO)cc1-c1ccc(Cl)cc1Cl. The van der Waals surface area contributed by atoms with E-state index in [4.69, 9.17) is 34.0 Å². The summed E-state index contributed by atoms with van der Waals surface area (Å²) in [5, 5.41) is 10.1. The molecule has 1 aromatic heterocycles. The average molecular weight is 269 g/mol. The first-order valence-electron chi connectivity index (χ1n) is 4.92. The predicted octanol–water partition coefficient (Wildman–Crippen LogP) is 3.13. The van der Waals surface area contributed by atoms with Crippen LogP contribution in [0, 0.1) is 0 Å². The number of pyridine rings is 1. The van der Waals surface area contributed by atoms with Crippen molar-refractivity contribution < 1.29 is 5.11 Å². The lowest BCUT2D eigenvalue weighted by molar-refractivity contribution is 0.281. The maximum atomic E-state index is 9.08. The third-order valence-electron chi connectivity index (χ3n) is 2.38. The van der Waals surface area contributed by atoms with Crippen LogP contribution in [0.4, 0.5) is 5.82 Å². The van der Waals surface area contributed by atoms with Crippen LogP contribution in [0.25, 0.3) is 11.1 Å². The van der Waals surface area contributed by atoms with Crippen molar-refractivity contribution in [2.45, 2.75) is 6.61 Å². The molecule has 0 fully saturated rings. The highest BCUT2D eigenvalue weighted by atomic mass is 35.5. The topological polar surface area (TPSA) is 59.1 Å². The Morgan fingerprint density at radius 2 is 1.94 bits per heavy atom. The van der Waals surface area contributed by atoms with Gasteiger partial charge in [0.05, 0.1) is 11.6 Å². The Balaban J connectivity index is 2.59. The minimum absolute atomic E-state index is 0.0918. The fourth-order valence-electron chi connectivity index (χ4n) is 1.53. The van der Waals surface area contributed by atoms with Crippen LogP contribution >= 0.6 is 23.2 Å². The number of aliphatic hydroxyl groups excluding tert-OH is 1. The van der Waals surface area contributed by atoms with E-state index in [2.05, 4.69) is 4.98 Å². The largest absolute Gasteiger partial charge is 0.392 e. The lowest BCUT2D eigenvalue weighted by Crippen LogP contribution is -1.97. The zero-order valence-corrected chi connectivity index (χ0v) is 10.3. The molecular weight excluding hydrogens is 259 g/mol. The van der Waals surface area contributed by atoms with Crippen LogP contribution in [-0.2, 0) is 6.61 Å². The summed E-state index contributed by atoms with van der Waals surface area (Å²) in [5.74, 6) is 0.367. The molecular formula is C12H10Cl2N2O. The van der Waals surface area contributed by atoms with Gasteiger partial charge in [-0.05, 0) is 23.8 Å². The van der Waals surface area contributed by atoms with Crippen molar-refractivity contribution in [1.29, 1.82) is 0 Å². The highest BCUT2D eigenvalue weighted by Gasteiger charge is 2.09. The number of rotatable bonds is 2. The molecule has 3 nitrogen and oxygen atoms in total. The van der Waals surface area contributed by atoms with Gasteiger partial charge in [0, 0.05) is 22.3 Å². The zero-order chi connectivity index (χ0) is 12.4. The number of nitrogens with two attached hydrogens (primary N) is 1. The lowest BCUT2D eigenvalue weighted by Gasteiger charge is -2.09. The van der Waals surface area contributed by atoms with Gasteiger partial charge in [-0.2, -0.15) is 0 Å². The Labute approximate surface area is 109 Å². The molecule has 0 bridgehead atoms. The van der Waals surface area contributed by atoms with Gasteiger partial charge < -0.3 is 10.8 Å². The number of aromatic nitrogens is 1. The number of aliphatic hydroxyl groups is 1. The lowest BCUT2D eigenvalue weighted by atomic mass is 10.0. The van der Waals surface area contributed by atoms with Crippen LogP contribution in [-0.4, -0.2) is 10.1 Å². The van der Waals surface area contributed by atoms with E-state index in [0.29, 0.717) is 27.0 Å². The number of hydrogen-bond donors (Lipinski definition) is 2. The van der Waals surface area contributed by atoms with E-state index in [9.17, 15) is 0 Å². The Morgan fingerprint density at radius 1 is 1.18 bits per heavy atom. The summed E-state index contributed by atoms with van der Waals surface area (Å²) < 4.78 is 0. The second-order valence-electron chi connectivity index (χ2n) is 3.56. The highest BCUT2D eigenvalue weighted by molar-refractivity contribution is 6.36. The minimum atomic E-state index is -0.0918. The van der Waals surface area contributed by atoms with Gasteiger partial charge in [-0.3, -0.25) is 0 Å². The molecule has 2 rings (SSSR count). The molecule has 17 heavy (non-hydrogen) atoms. The zero-order valence-electron chi connectivity index (χ0n) is 8.82. The van der Waals surface area contributed by atoms with E-state index in [0.717, 1.165) is 5.56 Å². The summed E-state index contributed by atoms with van der Waals surface area (Å²) in [6.45, 7) is -0.0918. The van der Waals surface area contributed by atoms with E-state index in [1.807, 2.05) is 0 Å². The van der Waals surface area contributed by atoms with Crippen LogP contribution in [0.5, 0.6) is 0 Å². The van der Waals surface area contributed by atoms with Gasteiger partial charge in [0.1, 0.15) is 5.82 Å². The predicted molar refractivity (Wildman–Crippen MR) is 70.0 cm³/mol. The Bertz CT molecular complexity index is 558. The van der Waals surface area contributed by atoms with E-state index in [1.165, 1.54) is 6.20 Å². The molecule has 2 aromatic rings. The van der Waals surface area contributed by atoms with Gasteiger partial charge in [-0.15, -0.1) is 0 Å². The fraction of sp³-hybridized carbons (Fsp3) is 0.0833. The first-order chi connectivity index (χ1) is 8.11. The maximum absolute atomic E-state index is 9.08. The molecule has 0 spiro atoms. The number of nitrogens with zero attached hydrogens (tertiary/aromatic N) is 1. The van der Waals surface area contributed by atoms with Crippen LogP contribution < -0.4 is 5.73 Å². The summed E-state index contributed by atoms with van der Waals surface area (Å²) in [7, 11) is 0. The second kappa shape index (κ2) is 4.92. The number of nitrogen functional groups attached to an aromatic ring is 1. The molecule has 88 valence electrons. The minimum Gasteiger partial charge on any atom is -0.392 e. The normalized spacial score (nSPS) is 10.5. The number of anilines is 1. The molecule has 0 aliphatic carbocycles. The van der Waals surface area contributed by atoms with E-state index >= 15 is 0 Å². The molecule has 0 aliphatic heterocycles. The Kier molecular flexibility index (Phi) is 3.52. The van der Waals surface area contributed by atoms with Crippen molar-refractivity contribution in [3.8, 4) is 11.1 Å². The quantitative estimate of drug-likeness (QED) is 0.880. The Hall–Kier alpha value is -1.29. The molecule has 1 aromatic carbocycles. The van der Waals surface area contributed by atoms with Crippen molar-refractivity contribution in [3.05, 3.63) is 46.1 Å². The molecule has 0 atom stereocenters. The number of benzene rings is 1. The summed E-state index contributed by atoms with van der Waals surface area (Å²) >= 11 is 11.9. The second-order valence-corrected chi connectivity index (χ2v) is 4.40. The Morgan fingerprint density at radius 3 is 2.59 bits per heavy atom. The van der Waals surface area contributed by atoms with Crippen LogP contribution in [0.15, 0.2) is 30.5 Å². The molecule has 5 heteroatoms. The smallest absolute Gasteiger partial charge is 0.131 e. The van der Waals surface area contributed by atoms with Crippen LogP contribution in [0.2, 0.25) is 10.0 Å². The van der Waals surface area contributed by atoms with Gasteiger partial charge in [-0.1, -0.05) is 29.3 Å². The summed E-state index contributed by atoms with van der Waals surface area (Å²) in [5.41, 5.74) is 7.92. The molecule has 3 N–H and O–H groups in total. The van der Waals surface area contributed by atoms with E-state index < -0.39 is 0 Å². The summed E-state index contributed by atoms with van der Waals surface area (Å²) in [4.78, 5) is 4.02. The summed E-state index contributed by atoms with van der Waals surface area (Å²) in [6.07, 6.45) is 1.53.